The predicted octanol–water partition coefficient (Wildman–Crippen LogP) is 0.949. The van der Waals surface area contributed by atoms with Gasteiger partial charge in [-0.1, -0.05) is 24.4 Å². The molecular weight excluding hydrogens is 383 g/mol. The number of amides is 4. The Balaban J connectivity index is 2.79. The van der Waals surface area contributed by atoms with E-state index in [-0.39, 0.29) is 18.9 Å². The average Bonchev–Trinajstić information content (AvgIpc) is 3.31. The molecule has 0 aromatic carbocycles. The summed E-state index contributed by atoms with van der Waals surface area (Å²) in [5.74, 6) is -2.47. The molecule has 4 amide bonds. The van der Waals surface area contributed by atoms with Crippen molar-refractivity contribution in [1.29, 1.82) is 0 Å². The summed E-state index contributed by atoms with van der Waals surface area (Å²) >= 11 is 5.14. The highest BCUT2D eigenvalue weighted by atomic mass is 35.5. The van der Waals surface area contributed by atoms with Crippen molar-refractivity contribution in [2.75, 3.05) is 6.54 Å². The van der Waals surface area contributed by atoms with Crippen LogP contribution in [-0.4, -0.2) is 52.6 Å². The van der Waals surface area contributed by atoms with Crippen molar-refractivity contribution in [2.45, 2.75) is 63.7 Å². The third kappa shape index (κ3) is 9.41. The quantitative estimate of drug-likeness (QED) is 0.406. The second kappa shape index (κ2) is 9.72. The van der Waals surface area contributed by atoms with Crippen LogP contribution in [0.25, 0.3) is 0 Å². The van der Waals surface area contributed by atoms with Crippen molar-refractivity contribution in [3.8, 4) is 0 Å². The molecule has 0 heterocycles. The largest absolute Gasteiger partial charge is 0.444 e. The first kappa shape index (κ1) is 22.9. The highest BCUT2D eigenvalue weighted by molar-refractivity contribution is 6.29. The number of hydrogen-bond donors (Lipinski definition) is 3. The molecule has 1 saturated carbocycles. The molecule has 0 spiro atoms. The number of halogens is 2. The van der Waals surface area contributed by atoms with E-state index in [0.717, 1.165) is 12.8 Å². The smallest absolute Gasteiger partial charge is 0.408 e. The number of ether oxygens (including phenoxy) is 1. The second-order valence-corrected chi connectivity index (χ2v) is 7.74. The first-order chi connectivity index (χ1) is 12.4. The zero-order valence-corrected chi connectivity index (χ0v) is 16.3. The Morgan fingerprint density at radius 3 is 2.33 bits per heavy atom. The van der Waals surface area contributed by atoms with Crippen molar-refractivity contribution in [2.24, 2.45) is 11.7 Å². The van der Waals surface area contributed by atoms with E-state index < -0.39 is 41.1 Å². The van der Waals surface area contributed by atoms with Crippen LogP contribution < -0.4 is 16.5 Å². The lowest BCUT2D eigenvalue weighted by Gasteiger charge is -2.27. The Bertz CT molecular complexity index is 578. The molecule has 0 aromatic rings. The molecule has 1 aliphatic rings. The fourth-order valence-corrected chi connectivity index (χ4v) is 2.26. The van der Waals surface area contributed by atoms with Gasteiger partial charge < -0.3 is 15.8 Å². The summed E-state index contributed by atoms with van der Waals surface area (Å²) in [4.78, 5) is 47.2. The first-order valence-corrected chi connectivity index (χ1v) is 9.00. The normalized spacial score (nSPS) is 16.0. The van der Waals surface area contributed by atoms with Crippen LogP contribution >= 0.6 is 11.6 Å². The van der Waals surface area contributed by atoms with Crippen LogP contribution in [0.15, 0.2) is 0 Å². The zero-order chi connectivity index (χ0) is 20.8. The highest BCUT2D eigenvalue weighted by Crippen LogP contribution is 2.33. The number of alkyl carbamates (subject to hydrolysis) is 1. The number of carbonyl (C=O) groups excluding carboxylic acids is 4. The van der Waals surface area contributed by atoms with E-state index >= 15 is 0 Å². The van der Waals surface area contributed by atoms with Crippen molar-refractivity contribution < 1.29 is 28.3 Å². The van der Waals surface area contributed by atoms with Gasteiger partial charge in [0.05, 0.1) is 6.54 Å². The maximum absolute atomic E-state index is 13.2. The van der Waals surface area contributed by atoms with Gasteiger partial charge in [-0.15, -0.1) is 0 Å². The topological polar surface area (TPSA) is 131 Å². The van der Waals surface area contributed by atoms with Gasteiger partial charge in [0.2, 0.25) is 5.91 Å². The summed E-state index contributed by atoms with van der Waals surface area (Å²) in [6.07, 6.45) is 1.07. The number of nitrogens with one attached hydrogen (secondary N) is 2. The molecule has 4 N–H and O–H groups in total. The Kier molecular flexibility index (Phi) is 8.26. The van der Waals surface area contributed by atoms with E-state index in [0.29, 0.717) is 11.4 Å². The van der Waals surface area contributed by atoms with Crippen LogP contribution in [0.2, 0.25) is 0 Å². The zero-order valence-electron chi connectivity index (χ0n) is 15.6. The molecule has 9 nitrogen and oxygen atoms in total. The van der Waals surface area contributed by atoms with Gasteiger partial charge in [-0.2, -0.15) is 0 Å². The average molecular weight is 409 g/mol. The van der Waals surface area contributed by atoms with Crippen molar-refractivity contribution in [1.82, 2.24) is 15.8 Å². The minimum absolute atomic E-state index is 0.257. The van der Waals surface area contributed by atoms with E-state index in [2.05, 4.69) is 10.7 Å². The summed E-state index contributed by atoms with van der Waals surface area (Å²) in [6.45, 7) is 4.67. The Morgan fingerprint density at radius 2 is 1.89 bits per heavy atom. The third-order valence-corrected chi connectivity index (χ3v) is 3.74. The number of nitrogens with two attached hydrogens (primary N) is 1. The summed E-state index contributed by atoms with van der Waals surface area (Å²) < 4.78 is 18.3. The lowest BCUT2D eigenvalue weighted by atomic mass is 10.1. The Morgan fingerprint density at radius 1 is 1.30 bits per heavy atom. The summed E-state index contributed by atoms with van der Waals surface area (Å²) in [7, 11) is 0. The van der Waals surface area contributed by atoms with Gasteiger partial charge in [-0.3, -0.25) is 19.8 Å². The van der Waals surface area contributed by atoms with E-state index in [4.69, 9.17) is 22.1 Å². The Labute approximate surface area is 162 Å². The summed E-state index contributed by atoms with van der Waals surface area (Å²) in [5.41, 5.74) is 4.05. The van der Waals surface area contributed by atoms with Gasteiger partial charge >= 0.3 is 6.09 Å². The summed E-state index contributed by atoms with van der Waals surface area (Å²) in [5, 5.41) is 3.04. The molecule has 2 atom stereocenters. The standard InChI is InChI=1S/C16H26ClFN4O5/c1-16(2,3)27-15(26)20-10(8-9-4-5-9)13(24)21-22(7-6-11(19)23)14(25)12(17)18/h9-10,12H,4-8H2,1-3H3,(H2,19,23)(H,20,26)(H,21,24)/t10-,12?/m0/s1. The molecule has 1 rings (SSSR count). The molecule has 27 heavy (non-hydrogen) atoms. The number of alkyl halides is 2. The molecule has 0 saturated heterocycles. The fraction of sp³-hybridized carbons (Fsp3) is 0.750. The van der Waals surface area contributed by atoms with Gasteiger partial charge in [-0.05, 0) is 33.1 Å². The maximum atomic E-state index is 13.2. The molecule has 11 heteroatoms. The monoisotopic (exact) mass is 408 g/mol. The van der Waals surface area contributed by atoms with Gasteiger partial charge in [0.1, 0.15) is 11.6 Å². The van der Waals surface area contributed by atoms with Crippen molar-refractivity contribution in [3.63, 3.8) is 0 Å². The molecule has 0 aliphatic heterocycles. The van der Waals surface area contributed by atoms with Crippen LogP contribution in [0.3, 0.4) is 0 Å². The van der Waals surface area contributed by atoms with Gasteiger partial charge in [0.15, 0.2) is 0 Å². The molecule has 1 aliphatic carbocycles. The third-order valence-electron chi connectivity index (χ3n) is 3.55. The number of hydrogen-bond acceptors (Lipinski definition) is 5. The lowest BCUT2D eigenvalue weighted by Crippen LogP contribution is -2.56. The minimum atomic E-state index is -2.40. The first-order valence-electron chi connectivity index (χ1n) is 8.57. The van der Waals surface area contributed by atoms with Gasteiger partial charge in [-0.25, -0.2) is 14.2 Å². The van der Waals surface area contributed by atoms with E-state index in [1.165, 1.54) is 0 Å². The van der Waals surface area contributed by atoms with E-state index in [1.54, 1.807) is 20.8 Å². The molecule has 154 valence electrons. The predicted molar refractivity (Wildman–Crippen MR) is 94.9 cm³/mol. The van der Waals surface area contributed by atoms with Crippen LogP contribution in [0, 0.1) is 5.92 Å². The SMILES string of the molecule is CC(C)(C)OC(=O)N[C@@H](CC1CC1)C(=O)NN(CCC(N)=O)C(=O)C(F)Cl. The number of nitrogens with zero attached hydrogens (tertiary/aromatic N) is 1. The lowest BCUT2D eigenvalue weighted by molar-refractivity contribution is -0.144. The number of primary amides is 1. The maximum Gasteiger partial charge on any atom is 0.408 e. The molecule has 0 aromatic heterocycles. The molecule has 1 unspecified atom stereocenters. The number of rotatable bonds is 8. The van der Waals surface area contributed by atoms with E-state index in [1.807, 2.05) is 0 Å². The van der Waals surface area contributed by atoms with Crippen molar-refractivity contribution >= 4 is 35.4 Å². The fourth-order valence-electron chi connectivity index (χ4n) is 2.14. The van der Waals surface area contributed by atoms with Crippen LogP contribution in [-0.2, 0) is 19.1 Å². The van der Waals surface area contributed by atoms with Crippen LogP contribution in [0.4, 0.5) is 9.18 Å². The number of carbonyl (C=O) groups is 4. The summed E-state index contributed by atoms with van der Waals surface area (Å²) in [6, 6.07) is -0.996. The Hall–Kier alpha value is -2.10. The molecule has 0 radical (unpaired) electrons. The minimum Gasteiger partial charge on any atom is -0.444 e. The number of hydrazine groups is 1. The second-order valence-electron chi connectivity index (χ2n) is 7.36. The molecular formula is C16H26ClFN4O5. The molecule has 0 bridgehead atoms. The van der Waals surface area contributed by atoms with E-state index in [9.17, 15) is 23.6 Å². The molecule has 1 fully saturated rings. The van der Waals surface area contributed by atoms with Gasteiger partial charge in [0.25, 0.3) is 17.4 Å². The van der Waals surface area contributed by atoms with Crippen LogP contribution in [0.5, 0.6) is 0 Å². The van der Waals surface area contributed by atoms with Crippen molar-refractivity contribution in [3.05, 3.63) is 0 Å². The van der Waals surface area contributed by atoms with Crippen LogP contribution in [0.1, 0.15) is 46.5 Å². The highest BCUT2D eigenvalue weighted by Gasteiger charge is 2.33. The van der Waals surface area contributed by atoms with Gasteiger partial charge in [0, 0.05) is 6.42 Å².